The summed E-state index contributed by atoms with van der Waals surface area (Å²) < 4.78 is 0. The molecule has 2 heterocycles. The molecule has 1 N–H and O–H groups in total. The van der Waals surface area contributed by atoms with Gasteiger partial charge in [0.2, 0.25) is 0 Å². The molecule has 0 spiro atoms. The summed E-state index contributed by atoms with van der Waals surface area (Å²) in [6.45, 7) is 1.99. The van der Waals surface area contributed by atoms with Crippen molar-refractivity contribution in [2.24, 2.45) is 5.92 Å². The monoisotopic (exact) mass is 239 g/mol. The lowest BCUT2D eigenvalue weighted by Crippen LogP contribution is -2.37. The summed E-state index contributed by atoms with van der Waals surface area (Å²) in [6, 6.07) is 3.88. The van der Waals surface area contributed by atoms with E-state index in [1.807, 2.05) is 17.5 Å². The van der Waals surface area contributed by atoms with Crippen LogP contribution >= 0.6 is 11.3 Å². The highest BCUT2D eigenvalue weighted by Gasteiger charge is 2.32. The first kappa shape index (κ1) is 11.6. The van der Waals surface area contributed by atoms with Crippen molar-refractivity contribution in [3.8, 4) is 0 Å². The number of nitrogens with zero attached hydrogens (tertiary/aromatic N) is 1. The normalized spacial score (nSPS) is 24.2. The first-order valence-electron chi connectivity index (χ1n) is 5.63. The van der Waals surface area contributed by atoms with Crippen molar-refractivity contribution in [3.05, 3.63) is 22.4 Å². The van der Waals surface area contributed by atoms with Crippen LogP contribution < -0.4 is 0 Å². The quantitative estimate of drug-likeness (QED) is 0.879. The number of likely N-dealkylation sites (tertiary alicyclic amines) is 1. The summed E-state index contributed by atoms with van der Waals surface area (Å²) in [7, 11) is 2.07. The minimum absolute atomic E-state index is 0.259. The molecule has 0 bridgehead atoms. The molecule has 1 fully saturated rings. The van der Waals surface area contributed by atoms with Gasteiger partial charge in [0, 0.05) is 11.4 Å². The molecule has 1 aromatic heterocycles. The molecule has 0 aromatic carbocycles. The third-order valence-electron chi connectivity index (χ3n) is 3.25. The van der Waals surface area contributed by atoms with Crippen molar-refractivity contribution in [1.82, 2.24) is 4.90 Å². The van der Waals surface area contributed by atoms with E-state index in [2.05, 4.69) is 11.9 Å². The van der Waals surface area contributed by atoms with Gasteiger partial charge in [-0.3, -0.25) is 4.79 Å². The molecule has 1 aliphatic rings. The molecule has 4 heteroatoms. The standard InChI is InChI=1S/C12H17NO2S/c1-13-6-2-4-9(8-13)11(12(14)15)10-5-3-7-16-10/h3,5,7,9,11H,2,4,6,8H2,1H3,(H,14,15). The summed E-state index contributed by atoms with van der Waals surface area (Å²) in [5.41, 5.74) is 0. The topological polar surface area (TPSA) is 40.5 Å². The second-order valence-corrected chi connectivity index (χ2v) is 5.48. The van der Waals surface area contributed by atoms with Gasteiger partial charge in [-0.25, -0.2) is 0 Å². The zero-order valence-electron chi connectivity index (χ0n) is 9.43. The summed E-state index contributed by atoms with van der Waals surface area (Å²) in [5, 5.41) is 11.3. The lowest BCUT2D eigenvalue weighted by atomic mass is 9.84. The fraction of sp³-hybridized carbons (Fsp3) is 0.583. The molecular weight excluding hydrogens is 222 g/mol. The predicted octanol–water partition coefficient (Wildman–Crippen LogP) is 2.26. The first-order valence-corrected chi connectivity index (χ1v) is 6.51. The number of rotatable bonds is 3. The molecule has 1 aliphatic heterocycles. The molecule has 16 heavy (non-hydrogen) atoms. The van der Waals surface area contributed by atoms with Gasteiger partial charge in [-0.05, 0) is 43.8 Å². The Labute approximate surface area is 99.7 Å². The molecule has 1 aromatic rings. The molecule has 2 atom stereocenters. The highest BCUT2D eigenvalue weighted by atomic mass is 32.1. The van der Waals surface area contributed by atoms with Gasteiger partial charge in [-0.2, -0.15) is 0 Å². The maximum atomic E-state index is 11.4. The number of aliphatic carboxylic acids is 1. The smallest absolute Gasteiger partial charge is 0.312 e. The molecule has 0 amide bonds. The fourth-order valence-electron chi connectivity index (χ4n) is 2.50. The predicted molar refractivity (Wildman–Crippen MR) is 64.9 cm³/mol. The summed E-state index contributed by atoms with van der Waals surface area (Å²) >= 11 is 1.55. The minimum Gasteiger partial charge on any atom is -0.481 e. The molecule has 2 unspecified atom stereocenters. The van der Waals surface area contributed by atoms with Crippen molar-refractivity contribution in [2.45, 2.75) is 18.8 Å². The van der Waals surface area contributed by atoms with Gasteiger partial charge in [-0.1, -0.05) is 6.07 Å². The number of carboxylic acids is 1. The van der Waals surface area contributed by atoms with Crippen molar-refractivity contribution in [2.75, 3.05) is 20.1 Å². The van der Waals surface area contributed by atoms with E-state index >= 15 is 0 Å². The van der Waals surface area contributed by atoms with Crippen molar-refractivity contribution in [3.63, 3.8) is 0 Å². The lowest BCUT2D eigenvalue weighted by Gasteiger charge is -2.32. The Bertz CT molecular complexity index is 350. The van der Waals surface area contributed by atoms with Gasteiger partial charge < -0.3 is 10.0 Å². The average molecular weight is 239 g/mol. The third kappa shape index (κ3) is 2.44. The molecule has 0 radical (unpaired) electrons. The molecule has 3 nitrogen and oxygen atoms in total. The molecular formula is C12H17NO2S. The Morgan fingerprint density at radius 2 is 2.50 bits per heavy atom. The average Bonchev–Trinajstić information content (AvgIpc) is 2.71. The van der Waals surface area contributed by atoms with Crippen LogP contribution in [0, 0.1) is 5.92 Å². The molecule has 0 aliphatic carbocycles. The Morgan fingerprint density at radius 1 is 1.69 bits per heavy atom. The van der Waals surface area contributed by atoms with E-state index < -0.39 is 5.97 Å². The third-order valence-corrected chi connectivity index (χ3v) is 4.20. The lowest BCUT2D eigenvalue weighted by molar-refractivity contribution is -0.140. The van der Waals surface area contributed by atoms with Gasteiger partial charge in [-0.15, -0.1) is 11.3 Å². The van der Waals surface area contributed by atoms with Crippen LogP contribution in [0.2, 0.25) is 0 Å². The number of carboxylic acid groups (broad SMARTS) is 1. The van der Waals surface area contributed by atoms with Gasteiger partial charge in [0.1, 0.15) is 0 Å². The number of carbonyl (C=O) groups is 1. The molecule has 0 saturated carbocycles. The van der Waals surface area contributed by atoms with Crippen LogP contribution in [0.5, 0.6) is 0 Å². The van der Waals surface area contributed by atoms with E-state index in [4.69, 9.17) is 0 Å². The Hall–Kier alpha value is -0.870. The fourth-order valence-corrected chi connectivity index (χ4v) is 3.41. The van der Waals surface area contributed by atoms with Crippen LogP contribution in [-0.2, 0) is 4.79 Å². The van der Waals surface area contributed by atoms with Crippen LogP contribution in [0.3, 0.4) is 0 Å². The van der Waals surface area contributed by atoms with Gasteiger partial charge in [0.25, 0.3) is 0 Å². The molecule has 88 valence electrons. The highest BCUT2D eigenvalue weighted by Crippen LogP contribution is 2.33. The van der Waals surface area contributed by atoms with Gasteiger partial charge in [0.15, 0.2) is 0 Å². The van der Waals surface area contributed by atoms with Crippen molar-refractivity contribution >= 4 is 17.3 Å². The van der Waals surface area contributed by atoms with Crippen LogP contribution in [0.1, 0.15) is 23.6 Å². The SMILES string of the molecule is CN1CCCC(C(C(=O)O)c2cccs2)C1. The Morgan fingerprint density at radius 3 is 3.06 bits per heavy atom. The number of hydrogen-bond donors (Lipinski definition) is 1. The second-order valence-electron chi connectivity index (χ2n) is 4.50. The number of piperidine rings is 1. The summed E-state index contributed by atoms with van der Waals surface area (Å²) in [6.07, 6.45) is 2.13. The van der Waals surface area contributed by atoms with Crippen molar-refractivity contribution in [1.29, 1.82) is 0 Å². The van der Waals surface area contributed by atoms with E-state index in [0.717, 1.165) is 30.8 Å². The van der Waals surface area contributed by atoms with E-state index in [9.17, 15) is 9.90 Å². The zero-order chi connectivity index (χ0) is 11.5. The van der Waals surface area contributed by atoms with Crippen LogP contribution in [0.15, 0.2) is 17.5 Å². The maximum absolute atomic E-state index is 11.4. The Kier molecular flexibility index (Phi) is 3.61. The Balaban J connectivity index is 2.16. The van der Waals surface area contributed by atoms with E-state index in [1.165, 1.54) is 0 Å². The summed E-state index contributed by atoms with van der Waals surface area (Å²) in [4.78, 5) is 14.6. The zero-order valence-corrected chi connectivity index (χ0v) is 10.2. The molecule has 2 rings (SSSR count). The van der Waals surface area contributed by atoms with Crippen LogP contribution in [0.4, 0.5) is 0 Å². The van der Waals surface area contributed by atoms with E-state index in [-0.39, 0.29) is 11.8 Å². The van der Waals surface area contributed by atoms with Gasteiger partial charge >= 0.3 is 5.97 Å². The van der Waals surface area contributed by atoms with E-state index in [1.54, 1.807) is 11.3 Å². The summed E-state index contributed by atoms with van der Waals surface area (Å²) in [5.74, 6) is -0.736. The maximum Gasteiger partial charge on any atom is 0.312 e. The van der Waals surface area contributed by atoms with Crippen LogP contribution in [-0.4, -0.2) is 36.1 Å². The first-order chi connectivity index (χ1) is 7.68. The second kappa shape index (κ2) is 4.97. The number of hydrogen-bond acceptors (Lipinski definition) is 3. The largest absolute Gasteiger partial charge is 0.481 e. The molecule has 1 saturated heterocycles. The highest BCUT2D eigenvalue weighted by molar-refractivity contribution is 7.10. The van der Waals surface area contributed by atoms with Gasteiger partial charge in [0.05, 0.1) is 5.92 Å². The van der Waals surface area contributed by atoms with Crippen LogP contribution in [0.25, 0.3) is 0 Å². The van der Waals surface area contributed by atoms with E-state index in [0.29, 0.717) is 0 Å². The van der Waals surface area contributed by atoms with Crippen molar-refractivity contribution < 1.29 is 9.90 Å². The minimum atomic E-state index is -0.678. The number of thiophene rings is 1.